The van der Waals surface area contributed by atoms with Gasteiger partial charge in [-0.05, 0) is 24.6 Å². The lowest BCUT2D eigenvalue weighted by Crippen LogP contribution is -2.45. The van der Waals surface area contributed by atoms with Gasteiger partial charge in [0.2, 0.25) is 11.8 Å². The van der Waals surface area contributed by atoms with E-state index in [0.717, 1.165) is 11.3 Å². The quantitative estimate of drug-likeness (QED) is 0.740. The summed E-state index contributed by atoms with van der Waals surface area (Å²) in [5, 5.41) is 13.2. The Bertz CT molecular complexity index is 856. The van der Waals surface area contributed by atoms with Gasteiger partial charge in [-0.2, -0.15) is 5.26 Å². The van der Waals surface area contributed by atoms with Gasteiger partial charge in [-0.15, -0.1) is 0 Å². The minimum Gasteiger partial charge on any atom is -0.389 e. The van der Waals surface area contributed by atoms with Crippen LogP contribution in [0.25, 0.3) is 0 Å². The van der Waals surface area contributed by atoms with E-state index in [0.29, 0.717) is 12.1 Å². The average Bonchev–Trinajstić information content (AvgIpc) is 3.35. The first-order valence-electron chi connectivity index (χ1n) is 8.40. The molecule has 4 heterocycles. The highest BCUT2D eigenvalue weighted by Crippen LogP contribution is 2.54. The van der Waals surface area contributed by atoms with Crippen LogP contribution >= 0.6 is 0 Å². The van der Waals surface area contributed by atoms with Crippen molar-refractivity contribution < 1.29 is 19.2 Å². The third kappa shape index (κ3) is 1.70. The molecule has 7 heteroatoms. The number of nitriles is 1. The number of hydrogen-bond acceptors (Lipinski definition) is 6. The lowest BCUT2D eigenvalue weighted by atomic mass is 9.71. The first-order chi connectivity index (χ1) is 12.2. The second-order valence-corrected chi connectivity index (χ2v) is 6.80. The number of oxime groups is 1. The molecule has 0 saturated carbocycles. The second-order valence-electron chi connectivity index (χ2n) is 6.80. The highest BCUT2D eigenvalue weighted by Gasteiger charge is 2.71. The third-order valence-electron chi connectivity index (χ3n) is 5.76. The number of fused-ring (bicyclic) bond motifs is 8. The van der Waals surface area contributed by atoms with E-state index in [1.807, 2.05) is 12.1 Å². The van der Waals surface area contributed by atoms with E-state index >= 15 is 0 Å². The number of carbonyl (C=O) groups excluding carboxylic acids is 2. The third-order valence-corrected chi connectivity index (χ3v) is 5.76. The molecule has 0 aromatic heterocycles. The van der Waals surface area contributed by atoms with E-state index in [1.54, 1.807) is 19.1 Å². The number of carbonyl (C=O) groups is 2. The number of ether oxygens (including phenoxy) is 1. The van der Waals surface area contributed by atoms with Crippen molar-refractivity contribution in [2.45, 2.75) is 25.2 Å². The molecule has 0 spiro atoms. The van der Waals surface area contributed by atoms with Crippen molar-refractivity contribution in [2.24, 2.45) is 22.9 Å². The van der Waals surface area contributed by atoms with Crippen molar-refractivity contribution in [3.05, 3.63) is 35.4 Å². The first-order valence-corrected chi connectivity index (χ1v) is 8.40. The fourth-order valence-corrected chi connectivity index (χ4v) is 4.68. The Balaban J connectivity index is 1.49. The minimum absolute atomic E-state index is 0.144. The number of imide groups is 1. The van der Waals surface area contributed by atoms with Gasteiger partial charge >= 0.3 is 0 Å². The van der Waals surface area contributed by atoms with Gasteiger partial charge in [0.15, 0.2) is 6.10 Å². The summed E-state index contributed by atoms with van der Waals surface area (Å²) in [5.41, 5.74) is 2.15. The monoisotopic (exact) mass is 337 g/mol. The van der Waals surface area contributed by atoms with Crippen molar-refractivity contribution in [3.8, 4) is 6.07 Å². The molecule has 0 radical (unpaired) electrons. The van der Waals surface area contributed by atoms with E-state index in [-0.39, 0.29) is 29.9 Å². The summed E-state index contributed by atoms with van der Waals surface area (Å²) in [6.07, 6.45) is -1.14. The Morgan fingerprint density at radius 2 is 1.76 bits per heavy atom. The van der Waals surface area contributed by atoms with Gasteiger partial charge in [0.25, 0.3) is 0 Å². The zero-order valence-corrected chi connectivity index (χ0v) is 13.5. The molecule has 1 aromatic carbocycles. The molecule has 7 nitrogen and oxygen atoms in total. The normalized spacial score (nSPS) is 37.6. The topological polar surface area (TPSA) is 92.0 Å². The maximum Gasteiger partial charge on any atom is 0.235 e. The maximum absolute atomic E-state index is 12.6. The standard InChI is InChI=1S/C18H15N3O4/c1-2-21-17(22)10-11(18(21)23)15-16-12(14(10)24-15)13(20-25-16)9-5-3-8(7-19)4-6-9/h3-6,10-12,14-16H,2H2,1H3/t10-,11-,12+,14-,15-,16-/m1/s1. The lowest BCUT2D eigenvalue weighted by Gasteiger charge is -2.26. The molecule has 1 aromatic rings. The molecule has 0 unspecified atom stereocenters. The molecule has 3 fully saturated rings. The van der Waals surface area contributed by atoms with Crippen LogP contribution < -0.4 is 0 Å². The number of amides is 2. The Labute approximate surface area is 143 Å². The highest BCUT2D eigenvalue weighted by atomic mass is 16.7. The molecular formula is C18H15N3O4. The molecule has 25 heavy (non-hydrogen) atoms. The summed E-state index contributed by atoms with van der Waals surface area (Å²) in [5.74, 6) is -1.35. The van der Waals surface area contributed by atoms with Crippen molar-refractivity contribution in [3.63, 3.8) is 0 Å². The Kier molecular flexibility index (Phi) is 2.86. The highest BCUT2D eigenvalue weighted by molar-refractivity contribution is 6.09. The Morgan fingerprint density at radius 1 is 1.08 bits per heavy atom. The SMILES string of the molecule is CCN1C(=O)[C@H]2[C@H]3O[C@@H]([C@@H]4C(c5ccc(C#N)cc5)=NO[C@@H]34)[C@@H]2C1=O. The van der Waals surface area contributed by atoms with E-state index < -0.39 is 17.9 Å². The molecule has 0 aliphatic carbocycles. The fourth-order valence-electron chi connectivity index (χ4n) is 4.68. The smallest absolute Gasteiger partial charge is 0.235 e. The van der Waals surface area contributed by atoms with Gasteiger partial charge in [-0.3, -0.25) is 14.5 Å². The van der Waals surface area contributed by atoms with Crippen molar-refractivity contribution in [1.29, 1.82) is 5.26 Å². The molecule has 0 N–H and O–H groups in total. The average molecular weight is 337 g/mol. The van der Waals surface area contributed by atoms with E-state index in [1.165, 1.54) is 4.90 Å². The first kappa shape index (κ1) is 14.6. The van der Waals surface area contributed by atoms with Crippen LogP contribution in [0.3, 0.4) is 0 Å². The van der Waals surface area contributed by atoms with Gasteiger partial charge in [0.1, 0.15) is 6.10 Å². The van der Waals surface area contributed by atoms with Gasteiger partial charge in [-0.1, -0.05) is 17.3 Å². The van der Waals surface area contributed by atoms with Gasteiger partial charge < -0.3 is 9.57 Å². The van der Waals surface area contributed by atoms with Gasteiger partial charge in [-0.25, -0.2) is 0 Å². The van der Waals surface area contributed by atoms with Crippen LogP contribution in [0.5, 0.6) is 0 Å². The summed E-state index contributed by atoms with van der Waals surface area (Å²) in [6, 6.07) is 9.19. The fraction of sp³-hybridized carbons (Fsp3) is 0.444. The molecule has 2 bridgehead atoms. The molecule has 6 atom stereocenters. The van der Waals surface area contributed by atoms with Crippen molar-refractivity contribution >= 4 is 17.5 Å². The summed E-state index contributed by atoms with van der Waals surface area (Å²) < 4.78 is 6.01. The van der Waals surface area contributed by atoms with Crippen molar-refractivity contribution in [2.75, 3.05) is 6.54 Å². The molecular weight excluding hydrogens is 322 g/mol. The van der Waals surface area contributed by atoms with Crippen LogP contribution in [-0.4, -0.2) is 47.3 Å². The minimum atomic E-state index is -0.450. The number of nitrogens with zero attached hydrogens (tertiary/aromatic N) is 3. The summed E-state index contributed by atoms with van der Waals surface area (Å²) in [6.45, 7) is 2.19. The van der Waals surface area contributed by atoms with Crippen molar-refractivity contribution in [1.82, 2.24) is 4.90 Å². The van der Waals surface area contributed by atoms with Gasteiger partial charge in [0, 0.05) is 6.54 Å². The molecule has 3 saturated heterocycles. The number of hydrogen-bond donors (Lipinski definition) is 0. The summed E-state index contributed by atoms with van der Waals surface area (Å²) >= 11 is 0. The predicted molar refractivity (Wildman–Crippen MR) is 84.1 cm³/mol. The maximum atomic E-state index is 12.6. The molecule has 4 aliphatic heterocycles. The van der Waals surface area contributed by atoms with Crippen LogP contribution in [0.4, 0.5) is 0 Å². The van der Waals surface area contributed by atoms with Crippen LogP contribution in [0, 0.1) is 29.1 Å². The Morgan fingerprint density at radius 3 is 2.40 bits per heavy atom. The number of likely N-dealkylation sites (tertiary alicyclic amines) is 1. The number of rotatable bonds is 2. The van der Waals surface area contributed by atoms with Crippen LogP contribution in [0.15, 0.2) is 29.4 Å². The van der Waals surface area contributed by atoms with Gasteiger partial charge in [0.05, 0.1) is 41.2 Å². The summed E-state index contributed by atoms with van der Waals surface area (Å²) in [4.78, 5) is 32.1. The van der Waals surface area contributed by atoms with Crippen LogP contribution in [0.1, 0.15) is 18.1 Å². The zero-order chi connectivity index (χ0) is 17.3. The predicted octanol–water partition coefficient (Wildman–Crippen LogP) is 0.679. The van der Waals surface area contributed by atoms with E-state index in [9.17, 15) is 9.59 Å². The largest absolute Gasteiger partial charge is 0.389 e. The van der Waals surface area contributed by atoms with E-state index in [2.05, 4.69) is 11.2 Å². The molecule has 4 aliphatic rings. The zero-order valence-electron chi connectivity index (χ0n) is 13.5. The van der Waals surface area contributed by atoms with Crippen LogP contribution in [-0.2, 0) is 19.2 Å². The second kappa shape index (κ2) is 4.90. The number of benzene rings is 1. The molecule has 2 amide bonds. The van der Waals surface area contributed by atoms with Crippen LogP contribution in [0.2, 0.25) is 0 Å². The molecule has 126 valence electrons. The lowest BCUT2D eigenvalue weighted by molar-refractivity contribution is -0.142. The Hall–Kier alpha value is -2.72. The summed E-state index contributed by atoms with van der Waals surface area (Å²) in [7, 11) is 0. The molecule has 5 rings (SSSR count). The van der Waals surface area contributed by atoms with E-state index in [4.69, 9.17) is 14.8 Å².